The third kappa shape index (κ3) is 1.19. The molecule has 0 amide bonds. The number of imidazole rings is 1. The van der Waals surface area contributed by atoms with Gasteiger partial charge in [0.25, 0.3) is 0 Å². The molecule has 0 bridgehead atoms. The smallest absolute Gasteiger partial charge is 0.356 e. The molecule has 1 N–H and O–H groups in total. The monoisotopic (exact) mass is 218 g/mol. The molecule has 82 valence electrons. The van der Waals surface area contributed by atoms with Gasteiger partial charge in [0.1, 0.15) is 17.7 Å². The van der Waals surface area contributed by atoms with E-state index in [4.69, 9.17) is 5.11 Å². The summed E-state index contributed by atoms with van der Waals surface area (Å²) in [5.74, 6) is 0.312. The Morgan fingerprint density at radius 3 is 2.88 bits per heavy atom. The fourth-order valence-electron chi connectivity index (χ4n) is 1.88. The molecular weight excluding hydrogens is 208 g/mol. The van der Waals surface area contributed by atoms with Gasteiger partial charge in [-0.15, -0.1) is 0 Å². The molecule has 2 aromatic rings. The number of rotatable bonds is 2. The van der Waals surface area contributed by atoms with Gasteiger partial charge in [-0.3, -0.25) is 0 Å². The van der Waals surface area contributed by atoms with E-state index in [9.17, 15) is 4.79 Å². The largest absolute Gasteiger partial charge is 0.476 e. The summed E-state index contributed by atoms with van der Waals surface area (Å²) in [5, 5.41) is 9.00. The molecule has 0 aliphatic heterocycles. The second-order valence-electron chi connectivity index (χ2n) is 4.00. The van der Waals surface area contributed by atoms with Gasteiger partial charge in [0.2, 0.25) is 0 Å². The lowest BCUT2D eigenvalue weighted by Gasteiger charge is -1.97. The van der Waals surface area contributed by atoms with Crippen LogP contribution in [-0.2, 0) is 7.05 Å². The number of fused-ring (bicyclic) bond motifs is 1. The van der Waals surface area contributed by atoms with Gasteiger partial charge in [0.15, 0.2) is 11.3 Å². The number of aromatic nitrogens is 4. The zero-order chi connectivity index (χ0) is 11.3. The molecule has 0 radical (unpaired) electrons. The van der Waals surface area contributed by atoms with Gasteiger partial charge in [-0.05, 0) is 12.8 Å². The van der Waals surface area contributed by atoms with E-state index in [1.807, 2.05) is 11.6 Å². The Hall–Kier alpha value is -1.98. The normalized spacial score (nSPS) is 15.6. The Morgan fingerprint density at radius 2 is 2.25 bits per heavy atom. The average molecular weight is 218 g/mol. The second-order valence-corrected chi connectivity index (χ2v) is 4.00. The van der Waals surface area contributed by atoms with Crippen molar-refractivity contribution in [3.8, 4) is 0 Å². The van der Waals surface area contributed by atoms with Crippen molar-refractivity contribution in [2.45, 2.75) is 18.8 Å². The second kappa shape index (κ2) is 3.01. The number of carbonyl (C=O) groups is 1. The first-order chi connectivity index (χ1) is 7.68. The Labute approximate surface area is 91.0 Å². The Bertz CT molecular complexity index is 586. The maximum atomic E-state index is 11.0. The van der Waals surface area contributed by atoms with Crippen LogP contribution in [0.3, 0.4) is 0 Å². The summed E-state index contributed by atoms with van der Waals surface area (Å²) in [5.41, 5.74) is 0.959. The predicted molar refractivity (Wildman–Crippen MR) is 55.2 cm³/mol. The van der Waals surface area contributed by atoms with Crippen molar-refractivity contribution >= 4 is 17.1 Å². The Morgan fingerprint density at radius 1 is 1.50 bits per heavy atom. The minimum Gasteiger partial charge on any atom is -0.476 e. The van der Waals surface area contributed by atoms with Gasteiger partial charge in [0.05, 0.1) is 0 Å². The van der Waals surface area contributed by atoms with E-state index in [0.29, 0.717) is 17.1 Å². The number of aromatic carboxylic acids is 1. The zero-order valence-corrected chi connectivity index (χ0v) is 8.71. The molecule has 1 aliphatic carbocycles. The Balaban J connectivity index is 2.31. The van der Waals surface area contributed by atoms with Crippen molar-refractivity contribution in [2.24, 2.45) is 7.05 Å². The van der Waals surface area contributed by atoms with Crippen molar-refractivity contribution in [2.75, 3.05) is 0 Å². The van der Waals surface area contributed by atoms with E-state index < -0.39 is 5.97 Å². The first-order valence-corrected chi connectivity index (χ1v) is 5.09. The fourth-order valence-corrected chi connectivity index (χ4v) is 1.88. The molecule has 0 saturated heterocycles. The minimum absolute atomic E-state index is 0.0208. The average Bonchev–Trinajstić information content (AvgIpc) is 3.04. The molecule has 3 rings (SSSR count). The molecule has 2 aromatic heterocycles. The molecule has 1 saturated carbocycles. The predicted octanol–water partition coefficient (Wildman–Crippen LogP) is 0.939. The van der Waals surface area contributed by atoms with Gasteiger partial charge < -0.3 is 9.67 Å². The molecule has 2 heterocycles. The Kier molecular flexibility index (Phi) is 1.74. The lowest BCUT2D eigenvalue weighted by molar-refractivity contribution is 0.0692. The topological polar surface area (TPSA) is 80.9 Å². The van der Waals surface area contributed by atoms with Crippen molar-refractivity contribution in [3.63, 3.8) is 0 Å². The molecule has 6 nitrogen and oxygen atoms in total. The van der Waals surface area contributed by atoms with E-state index in [-0.39, 0.29) is 5.69 Å². The number of carboxylic acids is 1. The van der Waals surface area contributed by atoms with Crippen LogP contribution in [0.1, 0.15) is 35.1 Å². The van der Waals surface area contributed by atoms with Crippen molar-refractivity contribution in [1.82, 2.24) is 19.5 Å². The molecule has 1 aliphatic rings. The first kappa shape index (κ1) is 9.26. The summed E-state index contributed by atoms with van der Waals surface area (Å²) in [4.78, 5) is 23.2. The third-order valence-electron chi connectivity index (χ3n) is 2.84. The number of hydrogen-bond donors (Lipinski definition) is 1. The summed E-state index contributed by atoms with van der Waals surface area (Å²) in [7, 11) is 1.86. The van der Waals surface area contributed by atoms with Crippen LogP contribution in [0, 0.1) is 0 Å². The first-order valence-electron chi connectivity index (χ1n) is 5.09. The van der Waals surface area contributed by atoms with Crippen LogP contribution >= 0.6 is 0 Å². The standard InChI is InChI=1S/C10H10N4O2/c1-14-8(5-2-3-5)13-6-7(10(15)16)11-4-12-9(6)14/h4-5H,2-3H2,1H3,(H,15,16). The van der Waals surface area contributed by atoms with Gasteiger partial charge in [-0.2, -0.15) is 0 Å². The molecule has 16 heavy (non-hydrogen) atoms. The SMILES string of the molecule is Cn1c(C2CC2)nc2c(C(=O)O)ncnc21. The maximum absolute atomic E-state index is 11.0. The van der Waals surface area contributed by atoms with Crippen LogP contribution in [0.2, 0.25) is 0 Å². The van der Waals surface area contributed by atoms with Crippen LogP contribution in [0.15, 0.2) is 6.33 Å². The van der Waals surface area contributed by atoms with Gasteiger partial charge >= 0.3 is 5.97 Å². The van der Waals surface area contributed by atoms with Crippen LogP contribution in [0.4, 0.5) is 0 Å². The quantitative estimate of drug-likeness (QED) is 0.811. The summed E-state index contributed by atoms with van der Waals surface area (Å²) < 4.78 is 1.86. The minimum atomic E-state index is -1.06. The molecule has 0 aromatic carbocycles. The molecule has 6 heteroatoms. The highest BCUT2D eigenvalue weighted by molar-refractivity contribution is 5.97. The van der Waals surface area contributed by atoms with Crippen LogP contribution in [0.5, 0.6) is 0 Å². The molecule has 0 spiro atoms. The molecule has 0 atom stereocenters. The van der Waals surface area contributed by atoms with Crippen LogP contribution in [-0.4, -0.2) is 30.6 Å². The van der Waals surface area contributed by atoms with Crippen molar-refractivity contribution in [3.05, 3.63) is 17.8 Å². The molecular formula is C10H10N4O2. The highest BCUT2D eigenvalue weighted by Gasteiger charge is 2.30. The number of aryl methyl sites for hydroxylation is 1. The third-order valence-corrected chi connectivity index (χ3v) is 2.84. The summed E-state index contributed by atoms with van der Waals surface area (Å²) in [6.45, 7) is 0. The van der Waals surface area contributed by atoms with E-state index in [1.165, 1.54) is 6.33 Å². The molecule has 1 fully saturated rings. The van der Waals surface area contributed by atoms with Crippen molar-refractivity contribution < 1.29 is 9.90 Å². The van der Waals surface area contributed by atoms with E-state index >= 15 is 0 Å². The van der Waals surface area contributed by atoms with E-state index in [1.54, 1.807) is 0 Å². The number of nitrogens with zero attached hydrogens (tertiary/aromatic N) is 4. The maximum Gasteiger partial charge on any atom is 0.356 e. The lowest BCUT2D eigenvalue weighted by Crippen LogP contribution is -2.02. The van der Waals surface area contributed by atoms with Crippen molar-refractivity contribution in [1.29, 1.82) is 0 Å². The highest BCUT2D eigenvalue weighted by Crippen LogP contribution is 2.40. The number of carboxylic acid groups (broad SMARTS) is 1. The van der Waals surface area contributed by atoms with E-state index in [0.717, 1.165) is 18.7 Å². The molecule has 0 unspecified atom stereocenters. The van der Waals surface area contributed by atoms with Gasteiger partial charge in [-0.25, -0.2) is 19.7 Å². The summed E-state index contributed by atoms with van der Waals surface area (Å²) >= 11 is 0. The highest BCUT2D eigenvalue weighted by atomic mass is 16.4. The number of hydrogen-bond acceptors (Lipinski definition) is 4. The summed E-state index contributed by atoms with van der Waals surface area (Å²) in [6.07, 6.45) is 3.50. The van der Waals surface area contributed by atoms with Gasteiger partial charge in [-0.1, -0.05) is 0 Å². The van der Waals surface area contributed by atoms with Crippen LogP contribution < -0.4 is 0 Å². The summed E-state index contributed by atoms with van der Waals surface area (Å²) in [6, 6.07) is 0. The fraction of sp³-hybridized carbons (Fsp3) is 0.400. The van der Waals surface area contributed by atoms with Crippen LogP contribution in [0.25, 0.3) is 11.2 Å². The lowest BCUT2D eigenvalue weighted by atomic mass is 10.3. The zero-order valence-electron chi connectivity index (χ0n) is 8.71. The van der Waals surface area contributed by atoms with E-state index in [2.05, 4.69) is 15.0 Å². The van der Waals surface area contributed by atoms with Gasteiger partial charge in [0, 0.05) is 13.0 Å².